The number of ether oxygens (including phenoxy) is 1. The van der Waals surface area contributed by atoms with Gasteiger partial charge in [0.05, 0.1) is 17.5 Å². The monoisotopic (exact) mass is 450 g/mol. The highest BCUT2D eigenvalue weighted by Crippen LogP contribution is 2.34. The lowest BCUT2D eigenvalue weighted by molar-refractivity contribution is 0.0977. The lowest BCUT2D eigenvalue weighted by Crippen LogP contribution is -2.30. The minimum Gasteiger partial charge on any atom is -0.497 e. The summed E-state index contributed by atoms with van der Waals surface area (Å²) in [5, 5.41) is 6.69. The summed E-state index contributed by atoms with van der Waals surface area (Å²) in [5.41, 5.74) is 1.65. The zero-order valence-corrected chi connectivity index (χ0v) is 17.6. The third kappa shape index (κ3) is 4.16. The number of rotatable bonds is 7. The van der Waals surface area contributed by atoms with Crippen molar-refractivity contribution in [1.82, 2.24) is 9.71 Å². The first-order valence-electron chi connectivity index (χ1n) is 9.43. The molecule has 1 amide bonds. The average molecular weight is 450 g/mol. The lowest BCUT2D eigenvalue weighted by Gasteiger charge is -2.09. The van der Waals surface area contributed by atoms with Crippen LogP contribution in [0.5, 0.6) is 5.75 Å². The molecule has 0 aliphatic rings. The molecule has 0 radical (unpaired) electrons. The predicted molar refractivity (Wildman–Crippen MR) is 121 cm³/mol. The maximum Gasteiger partial charge on any atom is 0.281 e. The minimum atomic E-state index is -4.06. The van der Waals surface area contributed by atoms with E-state index >= 15 is 0 Å². The second-order valence-corrected chi connectivity index (χ2v) is 8.48. The number of hydrogen-bond donors (Lipinski definition) is 3. The summed E-state index contributed by atoms with van der Waals surface area (Å²) in [5.74, 6) is -0.216. The van der Waals surface area contributed by atoms with Crippen molar-refractivity contribution in [3.05, 3.63) is 83.4 Å². The number of H-pyrrole nitrogens is 1. The van der Waals surface area contributed by atoms with Crippen LogP contribution in [0.2, 0.25) is 0 Å². The third-order valence-electron chi connectivity index (χ3n) is 4.74. The zero-order valence-electron chi connectivity index (χ0n) is 16.8. The highest BCUT2D eigenvalue weighted by Gasteiger charge is 2.21. The van der Waals surface area contributed by atoms with Gasteiger partial charge in [-0.3, -0.25) is 4.79 Å². The quantitative estimate of drug-likeness (QED) is 0.357. The lowest BCUT2D eigenvalue weighted by atomic mass is 10.1. The van der Waals surface area contributed by atoms with Gasteiger partial charge in [-0.05, 0) is 47.6 Å². The number of hydrogen-bond acceptors (Lipinski definition) is 7. The van der Waals surface area contributed by atoms with Crippen molar-refractivity contribution >= 4 is 43.9 Å². The third-order valence-corrected chi connectivity index (χ3v) is 6.09. The Balaban J connectivity index is 1.70. The van der Waals surface area contributed by atoms with Gasteiger partial charge in [0.25, 0.3) is 15.9 Å². The van der Waals surface area contributed by atoms with Crippen molar-refractivity contribution < 1.29 is 17.9 Å². The number of nitroso groups, excluding NO2 is 1. The van der Waals surface area contributed by atoms with E-state index in [-0.39, 0.29) is 16.3 Å². The molecule has 0 spiro atoms. The fraction of sp³-hybridized carbons (Fsp3) is 0.0455. The van der Waals surface area contributed by atoms with Crippen LogP contribution in [0.3, 0.4) is 0 Å². The van der Waals surface area contributed by atoms with Gasteiger partial charge in [-0.2, -0.15) is 0 Å². The summed E-state index contributed by atoms with van der Waals surface area (Å²) >= 11 is 0. The molecule has 32 heavy (non-hydrogen) atoms. The molecule has 0 atom stereocenters. The normalized spacial score (nSPS) is 11.2. The Bertz CT molecular complexity index is 1420. The Morgan fingerprint density at radius 1 is 1.00 bits per heavy atom. The Morgan fingerprint density at radius 3 is 2.50 bits per heavy atom. The number of fused-ring (bicyclic) bond motifs is 1. The molecule has 9 nitrogen and oxygen atoms in total. The number of benzene rings is 3. The molecule has 3 aromatic carbocycles. The van der Waals surface area contributed by atoms with E-state index < -0.39 is 15.9 Å². The molecular weight excluding hydrogens is 432 g/mol. The summed E-state index contributed by atoms with van der Waals surface area (Å²) < 4.78 is 32.2. The molecule has 162 valence electrons. The molecule has 0 saturated carbocycles. The second-order valence-electron chi connectivity index (χ2n) is 6.80. The zero-order chi connectivity index (χ0) is 22.7. The van der Waals surface area contributed by atoms with Crippen LogP contribution >= 0.6 is 0 Å². The molecule has 1 heterocycles. The van der Waals surface area contributed by atoms with Gasteiger partial charge >= 0.3 is 0 Å². The van der Waals surface area contributed by atoms with Crippen molar-refractivity contribution in [2.75, 3.05) is 12.4 Å². The summed E-state index contributed by atoms with van der Waals surface area (Å²) in [7, 11) is -2.50. The Hall–Kier alpha value is -4.18. The maximum absolute atomic E-state index is 12.7. The molecule has 0 fully saturated rings. The number of methoxy groups -OCH3 is 1. The number of carbonyl (C=O) groups is 1. The van der Waals surface area contributed by atoms with Crippen LogP contribution in [-0.2, 0) is 10.0 Å². The van der Waals surface area contributed by atoms with Gasteiger partial charge in [-0.15, -0.1) is 4.91 Å². The van der Waals surface area contributed by atoms with Gasteiger partial charge in [0.2, 0.25) is 0 Å². The largest absolute Gasteiger partial charge is 0.497 e. The second kappa shape index (κ2) is 8.52. The molecule has 0 aliphatic carbocycles. The number of nitrogens with one attached hydrogen (secondary N) is 3. The minimum absolute atomic E-state index is 0.0377. The van der Waals surface area contributed by atoms with Gasteiger partial charge < -0.3 is 15.0 Å². The molecule has 0 bridgehead atoms. The van der Waals surface area contributed by atoms with Crippen molar-refractivity contribution in [3.8, 4) is 5.75 Å². The van der Waals surface area contributed by atoms with E-state index in [1.807, 2.05) is 16.9 Å². The van der Waals surface area contributed by atoms with Crippen molar-refractivity contribution in [2.45, 2.75) is 4.90 Å². The maximum atomic E-state index is 12.7. The highest BCUT2D eigenvalue weighted by molar-refractivity contribution is 7.90. The van der Waals surface area contributed by atoms with Gasteiger partial charge in [-0.1, -0.05) is 24.3 Å². The standard InChI is InChI=1S/C22H18N4O5S/c1-31-15-7-5-6-14(12-15)23-18-10-11-19(25-28)21-17(18)13-20(24-21)22(27)26-32(29,30)16-8-3-2-4-9-16/h2-13,23-24H,1H3,(H,26,27). The van der Waals surface area contributed by atoms with E-state index in [1.165, 1.54) is 24.3 Å². The van der Waals surface area contributed by atoms with E-state index in [9.17, 15) is 18.1 Å². The van der Waals surface area contributed by atoms with Crippen molar-refractivity contribution in [1.29, 1.82) is 0 Å². The fourth-order valence-corrected chi connectivity index (χ4v) is 4.19. The molecule has 0 unspecified atom stereocenters. The smallest absolute Gasteiger partial charge is 0.281 e. The number of carbonyl (C=O) groups excluding carboxylic acids is 1. The molecule has 10 heteroatoms. The molecular formula is C22H18N4O5S. The molecule has 1 aromatic heterocycles. The Labute approximate surface area is 183 Å². The Morgan fingerprint density at radius 2 is 1.78 bits per heavy atom. The Kier molecular flexibility index (Phi) is 5.61. The van der Waals surface area contributed by atoms with Gasteiger partial charge in [0.1, 0.15) is 17.1 Å². The first kappa shape index (κ1) is 21.1. The number of sulfonamides is 1. The molecule has 0 aliphatic heterocycles. The van der Waals surface area contributed by atoms with Crippen LogP contribution in [-0.4, -0.2) is 26.4 Å². The summed E-state index contributed by atoms with van der Waals surface area (Å²) in [4.78, 5) is 26.7. The molecule has 0 saturated heterocycles. The molecule has 4 rings (SSSR count). The van der Waals surface area contributed by atoms with E-state index in [2.05, 4.69) is 15.5 Å². The van der Waals surface area contributed by atoms with Gasteiger partial charge in [0.15, 0.2) is 0 Å². The summed E-state index contributed by atoms with van der Waals surface area (Å²) in [6.07, 6.45) is 0. The first-order chi connectivity index (χ1) is 15.4. The van der Waals surface area contributed by atoms with Gasteiger partial charge in [-0.25, -0.2) is 13.1 Å². The summed E-state index contributed by atoms with van der Waals surface area (Å²) in [6.45, 7) is 0. The molecule has 3 N–H and O–H groups in total. The van der Waals surface area contributed by atoms with Crippen molar-refractivity contribution in [3.63, 3.8) is 0 Å². The predicted octanol–water partition coefficient (Wildman–Crippen LogP) is 4.44. The van der Waals surface area contributed by atoms with E-state index in [1.54, 1.807) is 43.5 Å². The van der Waals surface area contributed by atoms with Crippen LogP contribution in [0, 0.1) is 4.91 Å². The highest BCUT2D eigenvalue weighted by atomic mass is 32.2. The average Bonchev–Trinajstić information content (AvgIpc) is 3.26. The van der Waals surface area contributed by atoms with Crippen molar-refractivity contribution in [2.24, 2.45) is 5.18 Å². The van der Waals surface area contributed by atoms with Crippen LogP contribution in [0.4, 0.5) is 17.1 Å². The van der Waals surface area contributed by atoms with E-state index in [0.717, 1.165) is 5.69 Å². The number of aromatic amines is 1. The van der Waals surface area contributed by atoms with Crippen LogP contribution in [0.1, 0.15) is 10.5 Å². The van der Waals surface area contributed by atoms with Crippen LogP contribution in [0.15, 0.2) is 82.9 Å². The van der Waals surface area contributed by atoms with Crippen LogP contribution in [0.25, 0.3) is 10.9 Å². The topological polar surface area (TPSA) is 130 Å². The van der Waals surface area contributed by atoms with E-state index in [4.69, 9.17) is 4.74 Å². The number of aromatic nitrogens is 1. The van der Waals surface area contributed by atoms with Gasteiger partial charge in [0, 0.05) is 22.8 Å². The number of nitrogens with zero attached hydrogens (tertiary/aromatic N) is 1. The SMILES string of the molecule is COc1cccc(Nc2ccc(N=O)c3[nH]c(C(=O)NS(=O)(=O)c4ccccc4)cc23)c1. The number of amides is 1. The fourth-order valence-electron chi connectivity index (χ4n) is 3.20. The summed E-state index contributed by atoms with van der Waals surface area (Å²) in [6, 6.07) is 19.4. The first-order valence-corrected chi connectivity index (χ1v) is 10.9. The van der Waals surface area contributed by atoms with E-state index in [0.29, 0.717) is 22.3 Å². The van der Waals surface area contributed by atoms with Crippen LogP contribution < -0.4 is 14.8 Å². The molecule has 4 aromatic rings. The number of anilines is 2.